The molecule has 0 bridgehead atoms. The van der Waals surface area contributed by atoms with Crippen molar-refractivity contribution in [3.8, 4) is 11.6 Å². The zero-order valence-electron chi connectivity index (χ0n) is 11.0. The van der Waals surface area contributed by atoms with Gasteiger partial charge in [-0.3, -0.25) is 0 Å². The predicted molar refractivity (Wildman–Crippen MR) is 76.8 cm³/mol. The minimum absolute atomic E-state index is 0.637. The standard InChI is InChI=1S/C16H18N2O/c1-4-11-18(12-5-1)14-7-6-8-15(13-14)19-16-9-2-3-10-17-16/h2-3,6-10,13H,1,4-5,11-12H2. The van der Waals surface area contributed by atoms with E-state index in [9.17, 15) is 0 Å². The molecule has 0 amide bonds. The van der Waals surface area contributed by atoms with Gasteiger partial charge in [0, 0.05) is 37.1 Å². The van der Waals surface area contributed by atoms with E-state index >= 15 is 0 Å². The van der Waals surface area contributed by atoms with Crippen molar-refractivity contribution in [2.24, 2.45) is 0 Å². The summed E-state index contributed by atoms with van der Waals surface area (Å²) >= 11 is 0. The number of anilines is 1. The first-order chi connectivity index (χ1) is 9.42. The van der Waals surface area contributed by atoms with Gasteiger partial charge >= 0.3 is 0 Å². The van der Waals surface area contributed by atoms with E-state index in [-0.39, 0.29) is 0 Å². The summed E-state index contributed by atoms with van der Waals surface area (Å²) in [5.41, 5.74) is 1.24. The van der Waals surface area contributed by atoms with Gasteiger partial charge in [-0.05, 0) is 37.5 Å². The second kappa shape index (κ2) is 5.74. The van der Waals surface area contributed by atoms with Gasteiger partial charge in [-0.1, -0.05) is 12.1 Å². The van der Waals surface area contributed by atoms with Crippen molar-refractivity contribution in [1.29, 1.82) is 0 Å². The van der Waals surface area contributed by atoms with E-state index in [1.54, 1.807) is 6.20 Å². The molecule has 1 aliphatic rings. The molecule has 0 atom stereocenters. The highest BCUT2D eigenvalue weighted by Gasteiger charge is 2.11. The highest BCUT2D eigenvalue weighted by Crippen LogP contribution is 2.26. The largest absolute Gasteiger partial charge is 0.439 e. The molecule has 1 saturated heterocycles. The number of benzene rings is 1. The third kappa shape index (κ3) is 3.05. The summed E-state index contributed by atoms with van der Waals surface area (Å²) in [7, 11) is 0. The average molecular weight is 254 g/mol. The van der Waals surface area contributed by atoms with Crippen molar-refractivity contribution < 1.29 is 4.74 Å². The molecule has 3 nitrogen and oxygen atoms in total. The number of hydrogen-bond acceptors (Lipinski definition) is 3. The summed E-state index contributed by atoms with van der Waals surface area (Å²) < 4.78 is 5.77. The summed E-state index contributed by atoms with van der Waals surface area (Å²) in [6, 6.07) is 13.9. The lowest BCUT2D eigenvalue weighted by Crippen LogP contribution is -2.29. The number of hydrogen-bond donors (Lipinski definition) is 0. The Labute approximate surface area is 113 Å². The van der Waals surface area contributed by atoms with Crippen LogP contribution >= 0.6 is 0 Å². The van der Waals surface area contributed by atoms with Crippen LogP contribution in [0, 0.1) is 0 Å². The third-order valence-electron chi connectivity index (χ3n) is 3.40. The van der Waals surface area contributed by atoms with Crippen LogP contribution in [0.4, 0.5) is 5.69 Å². The molecule has 0 aliphatic carbocycles. The van der Waals surface area contributed by atoms with E-state index in [0.29, 0.717) is 5.88 Å². The summed E-state index contributed by atoms with van der Waals surface area (Å²) in [5, 5.41) is 0. The minimum Gasteiger partial charge on any atom is -0.439 e. The van der Waals surface area contributed by atoms with Gasteiger partial charge in [-0.2, -0.15) is 0 Å². The molecule has 1 aliphatic heterocycles. The Balaban J connectivity index is 1.76. The number of ether oxygens (including phenoxy) is 1. The lowest BCUT2D eigenvalue weighted by molar-refractivity contribution is 0.462. The monoisotopic (exact) mass is 254 g/mol. The van der Waals surface area contributed by atoms with Crippen molar-refractivity contribution >= 4 is 5.69 Å². The van der Waals surface area contributed by atoms with Gasteiger partial charge in [0.2, 0.25) is 5.88 Å². The van der Waals surface area contributed by atoms with E-state index < -0.39 is 0 Å². The Morgan fingerprint density at radius 3 is 2.63 bits per heavy atom. The Hall–Kier alpha value is -2.03. The van der Waals surface area contributed by atoms with Gasteiger partial charge in [-0.15, -0.1) is 0 Å². The summed E-state index contributed by atoms with van der Waals surface area (Å²) in [4.78, 5) is 6.61. The first kappa shape index (κ1) is 12.0. The molecule has 0 saturated carbocycles. The number of piperidine rings is 1. The van der Waals surface area contributed by atoms with E-state index in [4.69, 9.17) is 4.74 Å². The fourth-order valence-corrected chi connectivity index (χ4v) is 2.42. The maximum Gasteiger partial charge on any atom is 0.219 e. The van der Waals surface area contributed by atoms with Crippen LogP contribution in [-0.4, -0.2) is 18.1 Å². The maximum absolute atomic E-state index is 5.77. The molecule has 2 heterocycles. The van der Waals surface area contributed by atoms with E-state index in [1.807, 2.05) is 30.3 Å². The molecule has 3 rings (SSSR count). The van der Waals surface area contributed by atoms with Crippen LogP contribution in [0.15, 0.2) is 48.7 Å². The zero-order valence-corrected chi connectivity index (χ0v) is 11.0. The van der Waals surface area contributed by atoms with Crippen LogP contribution in [0.1, 0.15) is 19.3 Å². The molecule has 0 unspecified atom stereocenters. The molecular weight excluding hydrogens is 236 g/mol. The van der Waals surface area contributed by atoms with Crippen LogP contribution < -0.4 is 9.64 Å². The average Bonchev–Trinajstić information content (AvgIpc) is 2.49. The lowest BCUT2D eigenvalue weighted by Gasteiger charge is -2.29. The Bertz CT molecular complexity index is 521. The Morgan fingerprint density at radius 1 is 0.947 bits per heavy atom. The molecule has 0 spiro atoms. The van der Waals surface area contributed by atoms with Crippen LogP contribution in [0.3, 0.4) is 0 Å². The normalized spacial score (nSPS) is 15.3. The van der Waals surface area contributed by atoms with E-state index in [0.717, 1.165) is 18.8 Å². The molecule has 1 aromatic heterocycles. The Morgan fingerprint density at radius 2 is 1.84 bits per heavy atom. The summed E-state index contributed by atoms with van der Waals surface area (Å²) in [5.74, 6) is 1.49. The highest BCUT2D eigenvalue weighted by molar-refractivity contribution is 5.51. The van der Waals surface area contributed by atoms with Crippen LogP contribution in [0.5, 0.6) is 11.6 Å². The number of nitrogens with zero attached hydrogens (tertiary/aromatic N) is 2. The Kier molecular flexibility index (Phi) is 3.63. The topological polar surface area (TPSA) is 25.4 Å². The molecule has 0 N–H and O–H groups in total. The van der Waals surface area contributed by atoms with Gasteiger partial charge < -0.3 is 9.64 Å². The van der Waals surface area contributed by atoms with Crippen molar-refractivity contribution in [2.45, 2.75) is 19.3 Å². The van der Waals surface area contributed by atoms with Crippen LogP contribution in [0.2, 0.25) is 0 Å². The third-order valence-corrected chi connectivity index (χ3v) is 3.40. The quantitative estimate of drug-likeness (QED) is 0.831. The molecule has 3 heteroatoms. The minimum atomic E-state index is 0.637. The van der Waals surface area contributed by atoms with Gasteiger partial charge in [-0.25, -0.2) is 4.98 Å². The van der Waals surface area contributed by atoms with Crippen molar-refractivity contribution in [1.82, 2.24) is 4.98 Å². The van der Waals surface area contributed by atoms with Crippen LogP contribution in [-0.2, 0) is 0 Å². The maximum atomic E-state index is 5.77. The zero-order chi connectivity index (χ0) is 12.9. The van der Waals surface area contributed by atoms with E-state index in [2.05, 4.69) is 22.0 Å². The second-order valence-corrected chi connectivity index (χ2v) is 4.82. The predicted octanol–water partition coefficient (Wildman–Crippen LogP) is 3.86. The number of rotatable bonds is 3. The summed E-state index contributed by atoms with van der Waals surface area (Å²) in [6.07, 6.45) is 5.65. The first-order valence-corrected chi connectivity index (χ1v) is 6.86. The van der Waals surface area contributed by atoms with Crippen molar-refractivity contribution in [3.63, 3.8) is 0 Å². The van der Waals surface area contributed by atoms with Gasteiger partial charge in [0.15, 0.2) is 0 Å². The number of aromatic nitrogens is 1. The molecular formula is C16H18N2O. The molecule has 2 aromatic rings. The lowest BCUT2D eigenvalue weighted by atomic mass is 10.1. The van der Waals surface area contributed by atoms with Gasteiger partial charge in [0.1, 0.15) is 5.75 Å². The fourth-order valence-electron chi connectivity index (χ4n) is 2.42. The highest BCUT2D eigenvalue weighted by atomic mass is 16.5. The SMILES string of the molecule is c1ccc(Oc2cccc(N3CCCCC3)c2)nc1. The molecule has 1 fully saturated rings. The van der Waals surface area contributed by atoms with Gasteiger partial charge in [0.05, 0.1) is 0 Å². The van der Waals surface area contributed by atoms with Crippen molar-refractivity contribution in [2.75, 3.05) is 18.0 Å². The van der Waals surface area contributed by atoms with E-state index in [1.165, 1.54) is 24.9 Å². The van der Waals surface area contributed by atoms with Crippen molar-refractivity contribution in [3.05, 3.63) is 48.7 Å². The molecule has 98 valence electrons. The van der Waals surface area contributed by atoms with Gasteiger partial charge in [0.25, 0.3) is 0 Å². The molecule has 1 aromatic carbocycles. The van der Waals surface area contributed by atoms with Crippen LogP contribution in [0.25, 0.3) is 0 Å². The smallest absolute Gasteiger partial charge is 0.219 e. The second-order valence-electron chi connectivity index (χ2n) is 4.82. The first-order valence-electron chi connectivity index (χ1n) is 6.86. The number of pyridine rings is 1. The fraction of sp³-hybridized carbons (Fsp3) is 0.312. The molecule has 19 heavy (non-hydrogen) atoms. The summed E-state index contributed by atoms with van der Waals surface area (Å²) in [6.45, 7) is 2.29. The molecule has 0 radical (unpaired) electrons.